The van der Waals surface area contributed by atoms with Crippen molar-refractivity contribution in [3.63, 3.8) is 0 Å². The number of anilines is 1. The molecule has 0 fully saturated rings. The number of benzene rings is 1. The summed E-state index contributed by atoms with van der Waals surface area (Å²) >= 11 is 6.43. The van der Waals surface area contributed by atoms with Crippen molar-refractivity contribution in [3.8, 4) is 17.2 Å². The summed E-state index contributed by atoms with van der Waals surface area (Å²) in [5, 5.41) is 0. The van der Waals surface area contributed by atoms with E-state index in [1.807, 2.05) is 0 Å². The van der Waals surface area contributed by atoms with Crippen molar-refractivity contribution in [2.24, 2.45) is 0 Å². The van der Waals surface area contributed by atoms with Crippen molar-refractivity contribution < 1.29 is 19.0 Å². The topological polar surface area (TPSA) is 75.7 Å². The molecule has 1 aromatic carbocycles. The minimum atomic E-state index is -0.484. The fraction of sp³-hybridized carbons (Fsp3) is 0.286. The molecule has 0 amide bonds. The first-order valence-electron chi connectivity index (χ1n) is 6.44. The Balaban J connectivity index is 2.59. The summed E-state index contributed by atoms with van der Waals surface area (Å²) in [7, 11) is 3.11. The fourth-order valence-corrected chi connectivity index (χ4v) is 3.17. The maximum absolute atomic E-state index is 11.9. The zero-order valence-electron chi connectivity index (χ0n) is 12.4. The van der Waals surface area contributed by atoms with E-state index < -0.39 is 5.97 Å². The quantitative estimate of drug-likeness (QED) is 0.666. The Bertz CT molecular complexity index is 752. The lowest BCUT2D eigenvalue weighted by atomic mass is 10.2. The zero-order valence-corrected chi connectivity index (χ0v) is 14.0. The Labute approximate surface area is 137 Å². The monoisotopic (exact) mass is 340 g/mol. The molecule has 0 saturated heterocycles. The average Bonchev–Trinajstić information content (AvgIpc) is 2.81. The van der Waals surface area contributed by atoms with Crippen LogP contribution in [0.15, 0.2) is 18.2 Å². The van der Waals surface area contributed by atoms with Gasteiger partial charge in [0.05, 0.1) is 26.5 Å². The molecule has 1 aromatic heterocycles. The third-order valence-corrected chi connectivity index (χ3v) is 4.30. The number of rotatable bonds is 5. The van der Waals surface area contributed by atoms with Crippen molar-refractivity contribution in [1.29, 1.82) is 0 Å². The van der Waals surface area contributed by atoms with Crippen molar-refractivity contribution in [3.05, 3.63) is 27.0 Å². The SMILES string of the molecule is CCOC(=O)c1sc(=S)n(-c2ccc(OC)cc2OC)c1N. The number of nitrogens with two attached hydrogens (primary N) is 1. The molecule has 22 heavy (non-hydrogen) atoms. The van der Waals surface area contributed by atoms with Crippen LogP contribution in [0, 0.1) is 3.95 Å². The number of hydrogen-bond donors (Lipinski definition) is 1. The van der Waals surface area contributed by atoms with Crippen LogP contribution in [-0.4, -0.2) is 31.4 Å². The maximum atomic E-state index is 11.9. The van der Waals surface area contributed by atoms with Crippen LogP contribution in [0.2, 0.25) is 0 Å². The van der Waals surface area contributed by atoms with Crippen molar-refractivity contribution >= 4 is 35.3 Å². The second-order valence-electron chi connectivity index (χ2n) is 4.18. The number of ether oxygens (including phenoxy) is 3. The van der Waals surface area contributed by atoms with Gasteiger partial charge < -0.3 is 19.9 Å². The first kappa shape index (κ1) is 16.3. The van der Waals surface area contributed by atoms with Crippen LogP contribution in [-0.2, 0) is 4.74 Å². The molecular weight excluding hydrogens is 324 g/mol. The van der Waals surface area contributed by atoms with E-state index in [4.69, 9.17) is 32.2 Å². The number of thiazole rings is 1. The van der Waals surface area contributed by atoms with Crippen LogP contribution in [0.1, 0.15) is 16.6 Å². The summed E-state index contributed by atoms with van der Waals surface area (Å²) in [6.45, 7) is 2.01. The smallest absolute Gasteiger partial charge is 0.352 e. The van der Waals surface area contributed by atoms with Gasteiger partial charge >= 0.3 is 5.97 Å². The molecule has 118 valence electrons. The molecule has 8 heteroatoms. The number of nitrogen functional groups attached to an aromatic ring is 1. The van der Waals surface area contributed by atoms with Gasteiger partial charge in [0.2, 0.25) is 0 Å². The fourth-order valence-electron chi connectivity index (χ4n) is 1.93. The van der Waals surface area contributed by atoms with Gasteiger partial charge in [-0.05, 0) is 31.3 Å². The Kier molecular flexibility index (Phi) is 5.04. The normalized spacial score (nSPS) is 10.3. The van der Waals surface area contributed by atoms with E-state index >= 15 is 0 Å². The Morgan fingerprint density at radius 3 is 2.68 bits per heavy atom. The number of aromatic nitrogens is 1. The zero-order chi connectivity index (χ0) is 16.3. The predicted molar refractivity (Wildman–Crippen MR) is 88.0 cm³/mol. The molecule has 0 bridgehead atoms. The lowest BCUT2D eigenvalue weighted by Crippen LogP contribution is -2.09. The number of esters is 1. The number of carbonyl (C=O) groups excluding carboxylic acids is 1. The molecule has 0 unspecified atom stereocenters. The molecule has 0 aliphatic carbocycles. The molecule has 0 aliphatic heterocycles. The predicted octanol–water partition coefficient (Wildman–Crippen LogP) is 3.04. The Morgan fingerprint density at radius 2 is 2.09 bits per heavy atom. The largest absolute Gasteiger partial charge is 0.497 e. The van der Waals surface area contributed by atoms with E-state index in [1.54, 1.807) is 36.8 Å². The third-order valence-electron chi connectivity index (χ3n) is 2.93. The van der Waals surface area contributed by atoms with Gasteiger partial charge in [-0.15, -0.1) is 0 Å². The number of carbonyl (C=O) groups is 1. The Hall–Kier alpha value is -2.06. The van der Waals surface area contributed by atoms with E-state index in [0.29, 0.717) is 21.1 Å². The third kappa shape index (κ3) is 2.93. The summed E-state index contributed by atoms with van der Waals surface area (Å²) in [6.07, 6.45) is 0. The van der Waals surface area contributed by atoms with Crippen LogP contribution < -0.4 is 15.2 Å². The molecular formula is C14H16N2O4S2. The average molecular weight is 340 g/mol. The molecule has 0 atom stereocenters. The first-order chi connectivity index (χ1) is 10.5. The van der Waals surface area contributed by atoms with Crippen LogP contribution in [0.25, 0.3) is 5.69 Å². The standard InChI is InChI=1S/C14H16N2O4S2/c1-4-20-13(17)11-12(15)16(14(21)22-11)9-6-5-8(18-2)7-10(9)19-3/h5-7H,4,15H2,1-3H3. The second kappa shape index (κ2) is 6.80. The van der Waals surface area contributed by atoms with Crippen molar-refractivity contribution in [1.82, 2.24) is 4.57 Å². The van der Waals surface area contributed by atoms with Crippen LogP contribution in [0.3, 0.4) is 0 Å². The maximum Gasteiger partial charge on any atom is 0.352 e. The lowest BCUT2D eigenvalue weighted by molar-refractivity contribution is 0.0533. The molecule has 1 heterocycles. The first-order valence-corrected chi connectivity index (χ1v) is 7.66. The summed E-state index contributed by atoms with van der Waals surface area (Å²) in [6, 6.07) is 5.25. The van der Waals surface area contributed by atoms with Gasteiger partial charge in [-0.25, -0.2) is 4.79 Å². The molecule has 0 radical (unpaired) electrons. The van der Waals surface area contributed by atoms with Gasteiger partial charge in [0.15, 0.2) is 8.83 Å². The van der Waals surface area contributed by atoms with Crippen LogP contribution in [0.4, 0.5) is 5.82 Å². The summed E-state index contributed by atoms with van der Waals surface area (Å²) in [5.74, 6) is 0.932. The number of hydrogen-bond acceptors (Lipinski definition) is 7. The van der Waals surface area contributed by atoms with Crippen molar-refractivity contribution in [2.45, 2.75) is 6.92 Å². The molecule has 2 aromatic rings. The van der Waals surface area contributed by atoms with E-state index in [-0.39, 0.29) is 17.3 Å². The Morgan fingerprint density at radius 1 is 1.36 bits per heavy atom. The van der Waals surface area contributed by atoms with Gasteiger partial charge in [-0.1, -0.05) is 11.3 Å². The highest BCUT2D eigenvalue weighted by Crippen LogP contribution is 2.33. The van der Waals surface area contributed by atoms with Crippen LogP contribution in [0.5, 0.6) is 11.5 Å². The summed E-state index contributed by atoms with van der Waals surface area (Å²) in [4.78, 5) is 12.2. The highest BCUT2D eigenvalue weighted by Gasteiger charge is 2.21. The summed E-state index contributed by atoms with van der Waals surface area (Å²) < 4.78 is 17.5. The van der Waals surface area contributed by atoms with Gasteiger partial charge in [-0.3, -0.25) is 4.57 Å². The highest BCUT2D eigenvalue weighted by molar-refractivity contribution is 7.73. The van der Waals surface area contributed by atoms with Gasteiger partial charge in [-0.2, -0.15) is 0 Å². The van der Waals surface area contributed by atoms with Crippen molar-refractivity contribution in [2.75, 3.05) is 26.6 Å². The van der Waals surface area contributed by atoms with Gasteiger partial charge in [0, 0.05) is 6.07 Å². The van der Waals surface area contributed by atoms with Gasteiger partial charge in [0.25, 0.3) is 0 Å². The number of methoxy groups -OCH3 is 2. The molecule has 2 rings (SSSR count). The minimum Gasteiger partial charge on any atom is -0.497 e. The second-order valence-corrected chi connectivity index (χ2v) is 5.82. The molecule has 2 N–H and O–H groups in total. The van der Waals surface area contributed by atoms with E-state index in [1.165, 1.54) is 7.11 Å². The molecule has 0 aliphatic rings. The van der Waals surface area contributed by atoms with Gasteiger partial charge in [0.1, 0.15) is 17.3 Å². The number of nitrogens with zero attached hydrogens (tertiary/aromatic N) is 1. The van der Waals surface area contributed by atoms with E-state index in [9.17, 15) is 4.79 Å². The molecule has 6 nitrogen and oxygen atoms in total. The lowest BCUT2D eigenvalue weighted by Gasteiger charge is -2.12. The molecule has 0 spiro atoms. The summed E-state index contributed by atoms with van der Waals surface area (Å²) in [5.41, 5.74) is 6.72. The highest BCUT2D eigenvalue weighted by atomic mass is 32.1. The van der Waals surface area contributed by atoms with E-state index in [0.717, 1.165) is 11.3 Å². The van der Waals surface area contributed by atoms with E-state index in [2.05, 4.69) is 0 Å². The molecule has 0 saturated carbocycles. The van der Waals surface area contributed by atoms with Crippen LogP contribution >= 0.6 is 23.6 Å². The minimum absolute atomic E-state index is 0.233.